The Morgan fingerprint density at radius 1 is 0.484 bits per heavy atom. The molecule has 2 aromatic heterocycles. The Balaban J connectivity index is 0.000000137. The molecule has 6 aliphatic rings. The molecule has 0 radical (unpaired) electrons. The van der Waals surface area contributed by atoms with Crippen molar-refractivity contribution in [1.82, 2.24) is 45.1 Å². The molecule has 3 atom stereocenters. The van der Waals surface area contributed by atoms with Gasteiger partial charge in [0.1, 0.15) is 42.0 Å². The number of nitrogens with zero attached hydrogens (tertiary/aromatic N) is 11. The second-order valence-corrected chi connectivity index (χ2v) is 26.5. The zero-order valence-corrected chi connectivity index (χ0v) is 54.4. The van der Waals surface area contributed by atoms with Gasteiger partial charge in [0.25, 0.3) is 0 Å². The summed E-state index contributed by atoms with van der Waals surface area (Å²) in [6.45, 7) is 14.3. The smallest absolute Gasteiger partial charge is 0.410 e. The van der Waals surface area contributed by atoms with Crippen LogP contribution in [0.25, 0.3) is 56.2 Å². The molecular weight excluding hydrogens is 1200 g/mol. The van der Waals surface area contributed by atoms with Gasteiger partial charge in [-0.05, 0) is 186 Å². The predicted molar refractivity (Wildman–Crippen MR) is 360 cm³/mol. The number of nitriles is 1. The lowest BCUT2D eigenvalue weighted by atomic mass is 9.95. The summed E-state index contributed by atoms with van der Waals surface area (Å²) in [4.78, 5) is 96.9. The van der Waals surface area contributed by atoms with Crippen LogP contribution in [0.5, 0.6) is 0 Å². The highest BCUT2D eigenvalue weighted by atomic mass is 16.6. The predicted octanol–water partition coefficient (Wildman–Crippen LogP) is 11.1. The van der Waals surface area contributed by atoms with Crippen LogP contribution in [0.15, 0.2) is 140 Å². The Kier molecular flexibility index (Phi) is 18.4. The number of hydrogen-bond acceptors (Lipinski definition) is 14. The van der Waals surface area contributed by atoms with Gasteiger partial charge in [0.15, 0.2) is 17.8 Å². The number of carbonyl (C=O) groups excluding carboxylic acids is 6. The molecule has 8 aromatic rings. The van der Waals surface area contributed by atoms with E-state index < -0.39 is 41.4 Å². The Labute approximate surface area is 552 Å². The van der Waals surface area contributed by atoms with E-state index in [2.05, 4.69) is 73.0 Å². The van der Waals surface area contributed by atoms with E-state index in [9.17, 15) is 34.0 Å². The topological polar surface area (TPSA) is 273 Å². The van der Waals surface area contributed by atoms with Crippen molar-refractivity contribution >= 4 is 52.9 Å². The number of nitrogens with two attached hydrogens (primary N) is 1. The van der Waals surface area contributed by atoms with Gasteiger partial charge < -0.3 is 29.9 Å². The third-order valence-electron chi connectivity index (χ3n) is 18.0. The molecule has 4 N–H and O–H groups in total. The summed E-state index contributed by atoms with van der Waals surface area (Å²) >= 11 is 0. The molecule has 0 unspecified atom stereocenters. The van der Waals surface area contributed by atoms with Gasteiger partial charge in [0.2, 0.25) is 23.6 Å². The fourth-order valence-electron chi connectivity index (χ4n) is 13.7. The lowest BCUT2D eigenvalue weighted by molar-refractivity contribution is -0.123. The first-order chi connectivity index (χ1) is 45.7. The summed E-state index contributed by atoms with van der Waals surface area (Å²) in [5, 5.41) is 23.2. The number of primary amides is 1. The normalized spacial score (nSPS) is 17.8. The molecule has 95 heavy (non-hydrogen) atoms. The van der Waals surface area contributed by atoms with Gasteiger partial charge in [-0.3, -0.25) is 44.1 Å². The standard InChI is InChI=1S/C26H29N5O3.C25H29N3O4.C22H20N6O/c1-26(2,3)34-25(33)31-12-7-10-21(31)24(32)30-13-11-19-20(17-8-5-4-6-9-17)14-18(15-22(19)30)23-27-16-28-29-23;1-25(2,3)32-24(31)28-12-7-10-20(28)23(30)27-13-11-18-19(16-8-5-4-6-9-16)14-17(22(26)29)15-21(18)27;23-13-27-9-4-7-19(27)22(29)28-10-8-17-18(15-5-2-1-3-6-15)11-16(12-20(17)28)21-24-14-25-26-21/h4-6,8-9,14-16,21H,7,10-13H2,1-3H3,(H,27,28,29);4-6,8-9,14-15,20H,7,10-13H2,1-3H3,(H2,26,29);1-3,5-6,11-12,14,19H,4,7-10H2,(H,24,25,26)/t21-;20-;19-/m000/s1. The number of anilines is 3. The Bertz CT molecular complexity index is 4200. The molecule has 22 nitrogen and oxygen atoms in total. The molecule has 3 saturated heterocycles. The SMILES string of the molecule is CC(C)(C)OC(=O)N1CCC[C@H]1C(=O)N1CCc2c(-c3ccccc3)cc(-c3ncn[nH]3)cc21.CC(C)(C)OC(=O)N1CCC[C@H]1C(=O)N1CCc2c(-c3ccccc3)cc(C(N)=O)cc21.N#CN1CCC[C@H]1C(=O)N1CCc2c(-c3ccccc3)cc(-c3ncn[nH]3)cc21. The van der Waals surface area contributed by atoms with E-state index in [1.807, 2.05) is 130 Å². The highest BCUT2D eigenvalue weighted by Gasteiger charge is 2.44. The molecule has 3 fully saturated rings. The number of hydrogen-bond donors (Lipinski definition) is 3. The zero-order chi connectivity index (χ0) is 66.7. The molecule has 488 valence electrons. The van der Waals surface area contributed by atoms with Gasteiger partial charge in [-0.25, -0.2) is 19.6 Å². The lowest BCUT2D eigenvalue weighted by Crippen LogP contribution is -2.48. The molecule has 6 aliphatic heterocycles. The average molecular weight is 1280 g/mol. The summed E-state index contributed by atoms with van der Waals surface area (Å²) in [5.41, 5.74) is 18.5. The number of ether oxygens (including phenoxy) is 2. The maximum absolute atomic E-state index is 13.8. The molecule has 22 heteroatoms. The van der Waals surface area contributed by atoms with Crippen molar-refractivity contribution in [3.05, 3.63) is 162 Å². The first-order valence-corrected chi connectivity index (χ1v) is 32.5. The fraction of sp³-hybridized carbons (Fsp3) is 0.356. The van der Waals surface area contributed by atoms with Crippen LogP contribution in [0, 0.1) is 11.5 Å². The maximum atomic E-state index is 13.8. The van der Waals surface area contributed by atoms with E-state index in [0.29, 0.717) is 81.4 Å². The second kappa shape index (κ2) is 27.1. The summed E-state index contributed by atoms with van der Waals surface area (Å²) in [5.74, 6) is 0.583. The minimum atomic E-state index is -0.630. The van der Waals surface area contributed by atoms with Crippen LogP contribution in [-0.2, 0) is 43.1 Å². The maximum Gasteiger partial charge on any atom is 0.410 e. The van der Waals surface area contributed by atoms with Crippen LogP contribution in [0.1, 0.15) is 107 Å². The number of aromatic nitrogens is 6. The van der Waals surface area contributed by atoms with Gasteiger partial charge in [-0.15, -0.1) is 0 Å². The highest BCUT2D eigenvalue weighted by Crippen LogP contribution is 2.44. The molecule has 0 bridgehead atoms. The van der Waals surface area contributed by atoms with Crippen LogP contribution in [0.4, 0.5) is 26.7 Å². The van der Waals surface area contributed by atoms with Crippen LogP contribution in [0.3, 0.4) is 0 Å². The van der Waals surface area contributed by atoms with Crippen molar-refractivity contribution in [2.24, 2.45) is 5.73 Å². The zero-order valence-electron chi connectivity index (χ0n) is 54.4. The number of nitrogens with one attached hydrogen (secondary N) is 2. The van der Waals surface area contributed by atoms with Crippen LogP contribution in [-0.4, -0.2) is 149 Å². The molecule has 14 rings (SSSR count). The van der Waals surface area contributed by atoms with E-state index in [4.69, 9.17) is 15.2 Å². The van der Waals surface area contributed by atoms with E-state index in [0.717, 1.165) is 111 Å². The van der Waals surface area contributed by atoms with Gasteiger partial charge in [0.05, 0.1) is 0 Å². The first kappa shape index (κ1) is 64.4. The highest BCUT2D eigenvalue weighted by molar-refractivity contribution is 6.06. The van der Waals surface area contributed by atoms with Crippen molar-refractivity contribution in [2.75, 3.05) is 54.0 Å². The van der Waals surface area contributed by atoms with Crippen molar-refractivity contribution < 1.29 is 38.2 Å². The number of carbonyl (C=O) groups is 6. The number of aromatic amines is 2. The fourth-order valence-corrected chi connectivity index (χ4v) is 13.7. The van der Waals surface area contributed by atoms with Crippen molar-refractivity contribution in [1.29, 1.82) is 5.26 Å². The second-order valence-electron chi connectivity index (χ2n) is 26.5. The van der Waals surface area contributed by atoms with E-state index in [1.54, 1.807) is 26.8 Å². The molecular formula is C73H78N14O8. The van der Waals surface area contributed by atoms with Crippen LogP contribution < -0.4 is 20.4 Å². The van der Waals surface area contributed by atoms with Crippen LogP contribution in [0.2, 0.25) is 0 Å². The Hall–Kier alpha value is -10.7. The summed E-state index contributed by atoms with van der Waals surface area (Å²) < 4.78 is 11.1. The molecule has 6 amide bonds. The number of benzene rings is 6. The van der Waals surface area contributed by atoms with E-state index in [-0.39, 0.29) is 23.8 Å². The summed E-state index contributed by atoms with van der Waals surface area (Å²) in [7, 11) is 0. The number of H-pyrrole nitrogens is 2. The molecule has 0 spiro atoms. The monoisotopic (exact) mass is 1280 g/mol. The third kappa shape index (κ3) is 13.7. The van der Waals surface area contributed by atoms with Crippen molar-refractivity contribution in [2.45, 2.75) is 129 Å². The quantitative estimate of drug-likeness (QED) is 0.113. The number of rotatable bonds is 9. The number of amides is 6. The molecule has 0 aliphatic carbocycles. The van der Waals surface area contributed by atoms with Gasteiger partial charge in [-0.2, -0.15) is 15.5 Å². The molecule has 0 saturated carbocycles. The van der Waals surface area contributed by atoms with E-state index >= 15 is 0 Å². The third-order valence-corrected chi connectivity index (χ3v) is 18.0. The number of fused-ring (bicyclic) bond motifs is 3. The Morgan fingerprint density at radius 3 is 1.22 bits per heavy atom. The Morgan fingerprint density at radius 2 is 0.853 bits per heavy atom. The van der Waals surface area contributed by atoms with Crippen LogP contribution >= 0.6 is 0 Å². The number of likely N-dealkylation sites (tertiary alicyclic amines) is 3. The minimum absolute atomic E-state index is 0.0107. The summed E-state index contributed by atoms with van der Waals surface area (Å²) in [6.07, 6.45) is 10.8. The largest absolute Gasteiger partial charge is 0.444 e. The first-order valence-electron chi connectivity index (χ1n) is 32.5. The van der Waals surface area contributed by atoms with Gasteiger partial charge >= 0.3 is 12.2 Å². The summed E-state index contributed by atoms with van der Waals surface area (Å²) in [6, 6.07) is 40.4. The van der Waals surface area contributed by atoms with Gasteiger partial charge in [0, 0.05) is 73.0 Å². The van der Waals surface area contributed by atoms with E-state index in [1.165, 1.54) is 17.6 Å². The molecule has 8 heterocycles. The van der Waals surface area contributed by atoms with Crippen molar-refractivity contribution in [3.63, 3.8) is 0 Å². The molecule has 6 aromatic carbocycles. The minimum Gasteiger partial charge on any atom is -0.444 e. The average Bonchev–Trinajstić information content (AvgIpc) is 1.76. The van der Waals surface area contributed by atoms with Gasteiger partial charge in [-0.1, -0.05) is 91.0 Å². The van der Waals surface area contributed by atoms with Crippen molar-refractivity contribution in [3.8, 4) is 62.3 Å². The lowest BCUT2D eigenvalue weighted by Gasteiger charge is -2.30.